The monoisotopic (exact) mass is 267 g/mol. The van der Waals surface area contributed by atoms with E-state index in [1.807, 2.05) is 6.92 Å². The van der Waals surface area contributed by atoms with Gasteiger partial charge < -0.3 is 20.5 Å². The van der Waals surface area contributed by atoms with Gasteiger partial charge in [0.05, 0.1) is 18.3 Å². The second-order valence-corrected chi connectivity index (χ2v) is 3.86. The summed E-state index contributed by atoms with van der Waals surface area (Å²) < 4.78 is 4.96. The second kappa shape index (κ2) is 7.32. The Bertz CT molecular complexity index is 450. The van der Waals surface area contributed by atoms with Gasteiger partial charge in [-0.25, -0.2) is 14.6 Å². The number of pyridine rings is 1. The number of carbonyl (C=O) groups is 2. The third kappa shape index (κ3) is 4.55. The van der Waals surface area contributed by atoms with E-state index in [0.29, 0.717) is 13.0 Å². The molecule has 0 spiro atoms. The van der Waals surface area contributed by atoms with E-state index in [4.69, 9.17) is 9.84 Å². The molecule has 3 N–H and O–H groups in total. The van der Waals surface area contributed by atoms with Crippen molar-refractivity contribution >= 4 is 17.7 Å². The minimum atomic E-state index is -1.19. The number of carboxylic acid groups (broad SMARTS) is 1. The Labute approximate surface area is 111 Å². The van der Waals surface area contributed by atoms with Crippen LogP contribution in [0.5, 0.6) is 0 Å². The summed E-state index contributed by atoms with van der Waals surface area (Å²) in [6, 6.07) is 2.41. The highest BCUT2D eigenvalue weighted by atomic mass is 16.5. The van der Waals surface area contributed by atoms with E-state index in [1.165, 1.54) is 12.3 Å². The number of ether oxygens (including phenoxy) is 1. The molecule has 104 valence electrons. The molecule has 0 saturated carbocycles. The Morgan fingerprint density at radius 3 is 2.84 bits per heavy atom. The van der Waals surface area contributed by atoms with Crippen molar-refractivity contribution in [2.24, 2.45) is 0 Å². The summed E-state index contributed by atoms with van der Waals surface area (Å²) in [4.78, 5) is 26.4. The lowest BCUT2D eigenvalue weighted by molar-refractivity contribution is 0.0691. The molecule has 0 aliphatic rings. The maximum absolute atomic E-state index is 11.7. The van der Waals surface area contributed by atoms with Gasteiger partial charge in [-0.15, -0.1) is 0 Å². The molecule has 1 unspecified atom stereocenters. The fourth-order valence-electron chi connectivity index (χ4n) is 1.48. The van der Waals surface area contributed by atoms with Gasteiger partial charge in [-0.3, -0.25) is 0 Å². The summed E-state index contributed by atoms with van der Waals surface area (Å²) in [5.74, 6) is -1.19. The standard InChI is InChI=1S/C12H17N3O4/c1-3-8(7-19-2)14-12(18)15-9-5-4-6-13-10(9)11(16)17/h4-6,8H,3,7H2,1-2H3,(H,16,17)(H2,14,15,18). The predicted octanol–water partition coefficient (Wildman–Crippen LogP) is 1.33. The molecule has 7 heteroatoms. The molecule has 2 amide bonds. The van der Waals surface area contributed by atoms with Crippen LogP contribution in [0.2, 0.25) is 0 Å². The number of amides is 2. The summed E-state index contributed by atoms with van der Waals surface area (Å²) in [5, 5.41) is 14.1. The first-order valence-corrected chi connectivity index (χ1v) is 5.83. The number of urea groups is 1. The summed E-state index contributed by atoms with van der Waals surface area (Å²) in [7, 11) is 1.55. The lowest BCUT2D eigenvalue weighted by Gasteiger charge is -2.16. The summed E-state index contributed by atoms with van der Waals surface area (Å²) >= 11 is 0. The zero-order valence-corrected chi connectivity index (χ0v) is 10.8. The molecule has 1 atom stereocenters. The highest BCUT2D eigenvalue weighted by molar-refractivity contribution is 5.98. The Kier molecular flexibility index (Phi) is 5.74. The lowest BCUT2D eigenvalue weighted by atomic mass is 10.2. The van der Waals surface area contributed by atoms with Crippen LogP contribution in [0.4, 0.5) is 10.5 Å². The van der Waals surface area contributed by atoms with Gasteiger partial charge >= 0.3 is 12.0 Å². The molecule has 7 nitrogen and oxygen atoms in total. The van der Waals surface area contributed by atoms with Gasteiger partial charge in [-0.1, -0.05) is 6.92 Å². The number of nitrogens with one attached hydrogen (secondary N) is 2. The maximum Gasteiger partial charge on any atom is 0.356 e. The van der Waals surface area contributed by atoms with Crippen LogP contribution in [0.1, 0.15) is 23.8 Å². The number of hydrogen-bond acceptors (Lipinski definition) is 4. The van der Waals surface area contributed by atoms with Crippen molar-refractivity contribution < 1.29 is 19.4 Å². The van der Waals surface area contributed by atoms with Gasteiger partial charge in [0, 0.05) is 13.3 Å². The number of nitrogens with zero attached hydrogens (tertiary/aromatic N) is 1. The minimum Gasteiger partial charge on any atom is -0.476 e. The van der Waals surface area contributed by atoms with Crippen LogP contribution in [-0.4, -0.2) is 41.8 Å². The number of methoxy groups -OCH3 is 1. The fourth-order valence-corrected chi connectivity index (χ4v) is 1.48. The molecule has 0 fully saturated rings. The number of hydrogen-bond donors (Lipinski definition) is 3. The molecule has 0 radical (unpaired) electrons. The molecule has 0 aliphatic heterocycles. The van der Waals surface area contributed by atoms with Crippen molar-refractivity contribution in [2.75, 3.05) is 19.0 Å². The second-order valence-electron chi connectivity index (χ2n) is 3.86. The quantitative estimate of drug-likeness (QED) is 0.721. The zero-order valence-electron chi connectivity index (χ0n) is 10.8. The molecule has 1 aromatic rings. The molecule has 0 saturated heterocycles. The van der Waals surface area contributed by atoms with E-state index in [0.717, 1.165) is 0 Å². The van der Waals surface area contributed by atoms with Crippen molar-refractivity contribution in [3.63, 3.8) is 0 Å². The van der Waals surface area contributed by atoms with Gasteiger partial charge in [0.25, 0.3) is 0 Å². The van der Waals surface area contributed by atoms with Crippen LogP contribution in [0.3, 0.4) is 0 Å². The Morgan fingerprint density at radius 1 is 1.53 bits per heavy atom. The number of aromatic carboxylic acids is 1. The fraction of sp³-hybridized carbons (Fsp3) is 0.417. The number of carbonyl (C=O) groups excluding carboxylic acids is 1. The van der Waals surface area contributed by atoms with Crippen LogP contribution in [0.25, 0.3) is 0 Å². The molecule has 0 aromatic carbocycles. The highest BCUT2D eigenvalue weighted by Gasteiger charge is 2.15. The summed E-state index contributed by atoms with van der Waals surface area (Å²) in [5.41, 5.74) is -0.0443. The van der Waals surface area contributed by atoms with E-state index in [1.54, 1.807) is 13.2 Å². The first-order valence-electron chi connectivity index (χ1n) is 5.83. The molecule has 1 aromatic heterocycles. The summed E-state index contributed by atoms with van der Waals surface area (Å²) in [6.07, 6.45) is 2.06. The number of carboxylic acids is 1. The van der Waals surface area contributed by atoms with Crippen LogP contribution in [0, 0.1) is 0 Å². The van der Waals surface area contributed by atoms with Crippen LogP contribution in [-0.2, 0) is 4.74 Å². The summed E-state index contributed by atoms with van der Waals surface area (Å²) in [6.45, 7) is 2.31. The van der Waals surface area contributed by atoms with E-state index < -0.39 is 12.0 Å². The molecular formula is C12H17N3O4. The SMILES string of the molecule is CCC(COC)NC(=O)Nc1cccnc1C(=O)O. The number of aromatic nitrogens is 1. The predicted molar refractivity (Wildman–Crippen MR) is 69.3 cm³/mol. The van der Waals surface area contributed by atoms with Crippen molar-refractivity contribution in [3.05, 3.63) is 24.0 Å². The highest BCUT2D eigenvalue weighted by Crippen LogP contribution is 2.11. The van der Waals surface area contributed by atoms with E-state index in [9.17, 15) is 9.59 Å². The Morgan fingerprint density at radius 2 is 2.26 bits per heavy atom. The van der Waals surface area contributed by atoms with E-state index in [-0.39, 0.29) is 17.4 Å². The molecule has 0 bridgehead atoms. The molecule has 1 rings (SSSR count). The van der Waals surface area contributed by atoms with Gasteiger partial charge in [0.15, 0.2) is 5.69 Å². The third-order valence-corrected chi connectivity index (χ3v) is 2.45. The van der Waals surface area contributed by atoms with Crippen molar-refractivity contribution in [3.8, 4) is 0 Å². The van der Waals surface area contributed by atoms with E-state index in [2.05, 4.69) is 15.6 Å². The average molecular weight is 267 g/mol. The largest absolute Gasteiger partial charge is 0.476 e. The Hall–Kier alpha value is -2.15. The average Bonchev–Trinajstić information content (AvgIpc) is 2.38. The maximum atomic E-state index is 11.7. The molecule has 19 heavy (non-hydrogen) atoms. The van der Waals surface area contributed by atoms with Crippen LogP contribution in [0.15, 0.2) is 18.3 Å². The smallest absolute Gasteiger partial charge is 0.356 e. The first kappa shape index (κ1) is 14.9. The molecule has 1 heterocycles. The topological polar surface area (TPSA) is 101 Å². The third-order valence-electron chi connectivity index (χ3n) is 2.45. The van der Waals surface area contributed by atoms with Gasteiger partial charge in [-0.05, 0) is 18.6 Å². The number of anilines is 1. The van der Waals surface area contributed by atoms with Crippen molar-refractivity contribution in [1.29, 1.82) is 0 Å². The van der Waals surface area contributed by atoms with Gasteiger partial charge in [-0.2, -0.15) is 0 Å². The normalized spacial score (nSPS) is 11.7. The van der Waals surface area contributed by atoms with Crippen LogP contribution < -0.4 is 10.6 Å². The number of rotatable bonds is 6. The zero-order chi connectivity index (χ0) is 14.3. The lowest BCUT2D eigenvalue weighted by Crippen LogP contribution is -2.40. The van der Waals surface area contributed by atoms with Gasteiger partial charge in [0.1, 0.15) is 0 Å². The Balaban J connectivity index is 2.69. The minimum absolute atomic E-state index is 0.130. The first-order chi connectivity index (χ1) is 9.08. The van der Waals surface area contributed by atoms with Crippen molar-refractivity contribution in [2.45, 2.75) is 19.4 Å². The molecular weight excluding hydrogens is 250 g/mol. The van der Waals surface area contributed by atoms with E-state index >= 15 is 0 Å². The molecule has 0 aliphatic carbocycles. The van der Waals surface area contributed by atoms with Crippen molar-refractivity contribution in [1.82, 2.24) is 10.3 Å². The van der Waals surface area contributed by atoms with Gasteiger partial charge in [0.2, 0.25) is 0 Å². The van der Waals surface area contributed by atoms with Crippen LogP contribution >= 0.6 is 0 Å².